The van der Waals surface area contributed by atoms with Crippen LogP contribution >= 0.6 is 0 Å². The van der Waals surface area contributed by atoms with Gasteiger partial charge in [-0.1, -0.05) is 109 Å². The number of fused-ring (bicyclic) bond motifs is 2. The van der Waals surface area contributed by atoms with Crippen molar-refractivity contribution in [3.05, 3.63) is 186 Å². The molecule has 48 heavy (non-hydrogen) atoms. The Balaban J connectivity index is 1.20. The minimum atomic E-state index is 1.05. The van der Waals surface area contributed by atoms with E-state index in [1.165, 1.54) is 66.9 Å². The van der Waals surface area contributed by atoms with Gasteiger partial charge < -0.3 is 9.80 Å². The van der Waals surface area contributed by atoms with Gasteiger partial charge in [0.25, 0.3) is 0 Å². The first-order valence-electron chi connectivity index (χ1n) is 16.8. The molecule has 232 valence electrons. The molecule has 0 atom stereocenters. The Morgan fingerprint density at radius 3 is 1.65 bits per heavy atom. The molecule has 0 unspecified atom stereocenters. The number of nitrogens with zero attached hydrogens (tertiary/aromatic N) is 2. The van der Waals surface area contributed by atoms with Gasteiger partial charge in [0.05, 0.1) is 5.69 Å². The molecule has 0 aromatic heterocycles. The summed E-state index contributed by atoms with van der Waals surface area (Å²) in [5, 5.41) is 2.47. The van der Waals surface area contributed by atoms with Crippen molar-refractivity contribution in [2.24, 2.45) is 0 Å². The number of hydrogen-bond acceptors (Lipinski definition) is 2. The van der Waals surface area contributed by atoms with Crippen molar-refractivity contribution < 1.29 is 0 Å². The SMILES string of the molecule is Cc1cc(N(c2ccccc2)c2cccc3c2CCC=C3)ccc1-c1ccc(N(c2ccccc2)c2cccc3ccccc23)cc1C. The highest BCUT2D eigenvalue weighted by atomic mass is 15.1. The number of hydrogen-bond donors (Lipinski definition) is 0. The van der Waals surface area contributed by atoms with E-state index in [0.29, 0.717) is 0 Å². The minimum absolute atomic E-state index is 1.05. The first-order chi connectivity index (χ1) is 23.7. The molecular weight excluding hydrogens is 581 g/mol. The molecule has 0 aliphatic heterocycles. The molecule has 1 aliphatic carbocycles. The summed E-state index contributed by atoms with van der Waals surface area (Å²) in [5.41, 5.74) is 14.8. The second-order valence-electron chi connectivity index (χ2n) is 12.6. The number of anilines is 6. The van der Waals surface area contributed by atoms with Crippen LogP contribution in [0.1, 0.15) is 28.7 Å². The van der Waals surface area contributed by atoms with Crippen LogP contribution in [-0.4, -0.2) is 0 Å². The maximum absolute atomic E-state index is 2.42. The van der Waals surface area contributed by atoms with Crippen LogP contribution in [0.5, 0.6) is 0 Å². The highest BCUT2D eigenvalue weighted by molar-refractivity contribution is 5.99. The number of allylic oxidation sites excluding steroid dienone is 1. The summed E-state index contributed by atoms with van der Waals surface area (Å²) in [6.07, 6.45) is 6.67. The average Bonchev–Trinajstić information content (AvgIpc) is 3.13. The highest BCUT2D eigenvalue weighted by Gasteiger charge is 2.21. The maximum atomic E-state index is 2.42. The molecule has 0 N–H and O–H groups in total. The summed E-state index contributed by atoms with van der Waals surface area (Å²) < 4.78 is 0. The van der Waals surface area contributed by atoms with Crippen LogP contribution in [0.2, 0.25) is 0 Å². The number of para-hydroxylation sites is 2. The van der Waals surface area contributed by atoms with Crippen LogP contribution in [0.3, 0.4) is 0 Å². The van der Waals surface area contributed by atoms with E-state index in [4.69, 9.17) is 0 Å². The van der Waals surface area contributed by atoms with Crippen molar-refractivity contribution in [2.45, 2.75) is 26.7 Å². The lowest BCUT2D eigenvalue weighted by Crippen LogP contribution is -2.14. The van der Waals surface area contributed by atoms with E-state index in [0.717, 1.165) is 24.2 Å². The Labute approximate surface area is 283 Å². The third-order valence-corrected chi connectivity index (χ3v) is 9.55. The van der Waals surface area contributed by atoms with Crippen LogP contribution in [0.4, 0.5) is 34.1 Å². The van der Waals surface area contributed by atoms with Gasteiger partial charge in [-0.3, -0.25) is 0 Å². The molecule has 2 heteroatoms. The molecule has 7 aromatic carbocycles. The normalized spacial score (nSPS) is 12.1. The summed E-state index contributed by atoms with van der Waals surface area (Å²) in [6, 6.07) is 57.1. The van der Waals surface area contributed by atoms with Crippen LogP contribution in [0.25, 0.3) is 28.0 Å². The standard InChI is InChI=1S/C46H38N2/c1-33-31-39(47(37-19-5-3-6-20-37)45-25-13-17-35-15-9-11-23-43(35)45)27-29-41(33)42-30-28-40(32-34(42)2)48(38-21-7-4-8-22-38)46-26-14-18-36-16-10-12-24-44(36)46/h3-11,13-23,25-32H,12,24H2,1-2H3. The Kier molecular flexibility index (Phi) is 7.84. The van der Waals surface area contributed by atoms with Gasteiger partial charge in [-0.05, 0) is 126 Å². The van der Waals surface area contributed by atoms with Crippen LogP contribution < -0.4 is 9.80 Å². The number of rotatable bonds is 7. The van der Waals surface area contributed by atoms with Crippen LogP contribution in [0.15, 0.2) is 164 Å². The first-order valence-corrected chi connectivity index (χ1v) is 16.8. The topological polar surface area (TPSA) is 6.48 Å². The molecule has 8 rings (SSSR count). The van der Waals surface area contributed by atoms with Crippen LogP contribution in [0, 0.1) is 13.8 Å². The van der Waals surface area contributed by atoms with Crippen molar-refractivity contribution in [1.29, 1.82) is 0 Å². The van der Waals surface area contributed by atoms with Gasteiger partial charge in [0, 0.05) is 33.8 Å². The number of aryl methyl sites for hydroxylation is 2. The Morgan fingerprint density at radius 1 is 0.458 bits per heavy atom. The van der Waals surface area contributed by atoms with Gasteiger partial charge in [0.15, 0.2) is 0 Å². The fourth-order valence-electron chi connectivity index (χ4n) is 7.26. The molecule has 0 saturated heterocycles. The zero-order valence-electron chi connectivity index (χ0n) is 27.5. The zero-order chi connectivity index (χ0) is 32.5. The van der Waals surface area contributed by atoms with E-state index in [2.05, 4.69) is 194 Å². The molecule has 0 saturated carbocycles. The molecule has 0 amide bonds. The third-order valence-electron chi connectivity index (χ3n) is 9.55. The lowest BCUT2D eigenvalue weighted by atomic mass is 9.93. The molecule has 0 radical (unpaired) electrons. The van der Waals surface area contributed by atoms with E-state index in [1.807, 2.05) is 0 Å². The lowest BCUT2D eigenvalue weighted by molar-refractivity contribution is 0.979. The maximum Gasteiger partial charge on any atom is 0.0540 e. The largest absolute Gasteiger partial charge is 0.310 e. The van der Waals surface area contributed by atoms with E-state index in [-0.39, 0.29) is 0 Å². The molecule has 0 heterocycles. The van der Waals surface area contributed by atoms with Crippen molar-refractivity contribution in [2.75, 3.05) is 9.80 Å². The highest BCUT2D eigenvalue weighted by Crippen LogP contribution is 2.43. The van der Waals surface area contributed by atoms with Crippen molar-refractivity contribution >= 4 is 51.0 Å². The molecule has 0 spiro atoms. The Bertz CT molecular complexity index is 2260. The summed E-state index contributed by atoms with van der Waals surface area (Å²) in [4.78, 5) is 4.80. The molecular formula is C46H38N2. The summed E-state index contributed by atoms with van der Waals surface area (Å²) in [5.74, 6) is 0. The monoisotopic (exact) mass is 618 g/mol. The molecule has 2 nitrogen and oxygen atoms in total. The fourth-order valence-corrected chi connectivity index (χ4v) is 7.26. The minimum Gasteiger partial charge on any atom is -0.310 e. The Hall–Kier alpha value is -5.86. The van der Waals surface area contributed by atoms with E-state index < -0.39 is 0 Å². The van der Waals surface area contributed by atoms with Gasteiger partial charge in [-0.2, -0.15) is 0 Å². The van der Waals surface area contributed by atoms with Gasteiger partial charge >= 0.3 is 0 Å². The van der Waals surface area contributed by atoms with Gasteiger partial charge in [-0.15, -0.1) is 0 Å². The predicted molar refractivity (Wildman–Crippen MR) is 206 cm³/mol. The first kappa shape index (κ1) is 29.5. The van der Waals surface area contributed by atoms with Crippen molar-refractivity contribution in [3.63, 3.8) is 0 Å². The smallest absolute Gasteiger partial charge is 0.0540 e. The van der Waals surface area contributed by atoms with Crippen molar-refractivity contribution in [3.8, 4) is 11.1 Å². The molecule has 0 bridgehead atoms. The molecule has 0 fully saturated rings. The summed E-state index contributed by atoms with van der Waals surface area (Å²) in [6.45, 7) is 4.48. The molecule has 1 aliphatic rings. The third kappa shape index (κ3) is 5.46. The lowest BCUT2D eigenvalue weighted by Gasteiger charge is -2.30. The van der Waals surface area contributed by atoms with Crippen LogP contribution in [-0.2, 0) is 6.42 Å². The van der Waals surface area contributed by atoms with Gasteiger partial charge in [0.1, 0.15) is 0 Å². The second kappa shape index (κ2) is 12.7. The van der Waals surface area contributed by atoms with E-state index in [9.17, 15) is 0 Å². The van der Waals surface area contributed by atoms with Gasteiger partial charge in [-0.25, -0.2) is 0 Å². The second-order valence-corrected chi connectivity index (χ2v) is 12.6. The molecule has 7 aromatic rings. The van der Waals surface area contributed by atoms with Gasteiger partial charge in [0.2, 0.25) is 0 Å². The van der Waals surface area contributed by atoms with E-state index in [1.54, 1.807) is 0 Å². The number of benzene rings is 7. The average molecular weight is 619 g/mol. The zero-order valence-corrected chi connectivity index (χ0v) is 27.5. The quantitative estimate of drug-likeness (QED) is 0.175. The van der Waals surface area contributed by atoms with E-state index >= 15 is 0 Å². The fraction of sp³-hybridized carbons (Fsp3) is 0.0870. The summed E-state index contributed by atoms with van der Waals surface area (Å²) in [7, 11) is 0. The van der Waals surface area contributed by atoms with Crippen molar-refractivity contribution in [1.82, 2.24) is 0 Å². The Morgan fingerprint density at radius 2 is 1.00 bits per heavy atom. The predicted octanol–water partition coefficient (Wildman–Crippen LogP) is 13.0. The summed E-state index contributed by atoms with van der Waals surface area (Å²) >= 11 is 0.